The first-order valence-electron chi connectivity index (χ1n) is 12.9. The van der Waals surface area contributed by atoms with Crippen LogP contribution in [0.2, 0.25) is 5.02 Å². The van der Waals surface area contributed by atoms with Crippen molar-refractivity contribution in [3.8, 4) is 12.1 Å². The highest BCUT2D eigenvalue weighted by atomic mass is 35.5. The van der Waals surface area contributed by atoms with E-state index in [0.29, 0.717) is 42.3 Å². The average molecular weight is 551 g/mol. The van der Waals surface area contributed by atoms with E-state index >= 15 is 0 Å². The number of hydrogen-bond donors (Lipinski definition) is 0. The molecule has 6 rings (SSSR count). The molecule has 194 valence electrons. The number of nitriles is 2. The number of aliphatic imine (C=N–C) groups is 1. The average Bonchev–Trinajstić information content (AvgIpc) is 2.96. The van der Waals surface area contributed by atoms with Crippen LogP contribution in [-0.4, -0.2) is 42.2 Å². The van der Waals surface area contributed by atoms with Crippen molar-refractivity contribution in [3.05, 3.63) is 94.5 Å². The molecule has 3 aliphatic rings. The summed E-state index contributed by atoms with van der Waals surface area (Å²) < 4.78 is 0. The standard InChI is InChI=1S/C31H27ClN6S/c1-21-7-11-23(12-8-21)36-17-30(15-33)27(25-5-3-4-6-26(25)32)31(16-34,18-36)29(39)38-20-37(19-35-28(30)38)24-13-9-22(2)10-14-24/h3-14,27H,17-20H2,1-2H3/t27-,30-,31-/m0/s1. The largest absolute Gasteiger partial charge is 0.367 e. The number of amidine groups is 1. The van der Waals surface area contributed by atoms with Gasteiger partial charge in [-0.1, -0.05) is 77.4 Å². The number of hydrogen-bond acceptors (Lipinski definition) is 6. The molecule has 2 fully saturated rings. The summed E-state index contributed by atoms with van der Waals surface area (Å²) in [5.41, 5.74) is 2.71. The number of nitrogens with zero attached hydrogens (tertiary/aromatic N) is 6. The fraction of sp³-hybridized carbons (Fsp3) is 0.290. The number of benzene rings is 3. The van der Waals surface area contributed by atoms with Crippen molar-refractivity contribution >= 4 is 46.0 Å². The van der Waals surface area contributed by atoms with Gasteiger partial charge in [0.1, 0.15) is 28.3 Å². The molecule has 0 amide bonds. The number of fused-ring (bicyclic) bond motifs is 4. The molecule has 0 saturated carbocycles. The van der Waals surface area contributed by atoms with E-state index < -0.39 is 16.7 Å². The van der Waals surface area contributed by atoms with Crippen LogP contribution >= 0.6 is 23.8 Å². The van der Waals surface area contributed by atoms with Gasteiger partial charge in [0, 0.05) is 35.4 Å². The van der Waals surface area contributed by atoms with Crippen LogP contribution in [0, 0.1) is 47.3 Å². The lowest BCUT2D eigenvalue weighted by Gasteiger charge is -2.61. The van der Waals surface area contributed by atoms with Crippen molar-refractivity contribution in [2.75, 3.05) is 36.2 Å². The molecule has 2 bridgehead atoms. The molecular weight excluding hydrogens is 524 g/mol. The normalized spacial score (nSPS) is 25.9. The summed E-state index contributed by atoms with van der Waals surface area (Å²) in [6.45, 7) is 5.62. The van der Waals surface area contributed by atoms with Gasteiger partial charge in [0.05, 0.1) is 18.8 Å². The van der Waals surface area contributed by atoms with Crippen molar-refractivity contribution in [3.63, 3.8) is 0 Å². The van der Waals surface area contributed by atoms with Crippen molar-refractivity contribution in [1.82, 2.24) is 4.90 Å². The highest BCUT2D eigenvalue weighted by molar-refractivity contribution is 7.80. The van der Waals surface area contributed by atoms with Gasteiger partial charge in [0.2, 0.25) is 0 Å². The van der Waals surface area contributed by atoms with Gasteiger partial charge in [-0.25, -0.2) is 4.99 Å². The molecule has 0 spiro atoms. The fourth-order valence-electron chi connectivity index (χ4n) is 6.35. The Kier molecular flexibility index (Phi) is 6.10. The minimum Gasteiger partial charge on any atom is -0.367 e. The second-order valence-corrected chi connectivity index (χ2v) is 11.5. The maximum atomic E-state index is 11.1. The maximum Gasteiger partial charge on any atom is 0.141 e. The van der Waals surface area contributed by atoms with Crippen LogP contribution in [0.3, 0.4) is 0 Å². The lowest BCUT2D eigenvalue weighted by Crippen LogP contribution is -2.73. The number of piperidine rings is 2. The number of rotatable bonds is 3. The summed E-state index contributed by atoms with van der Waals surface area (Å²) in [5.74, 6) is 0.0507. The first kappa shape index (κ1) is 25.4. The van der Waals surface area contributed by atoms with Crippen molar-refractivity contribution in [1.29, 1.82) is 10.5 Å². The Morgan fingerprint density at radius 2 is 1.41 bits per heavy atom. The molecule has 8 heteroatoms. The molecule has 3 atom stereocenters. The molecule has 0 radical (unpaired) electrons. The molecule has 3 heterocycles. The molecule has 6 nitrogen and oxygen atoms in total. The minimum atomic E-state index is -1.19. The Morgan fingerprint density at radius 1 is 0.846 bits per heavy atom. The second kappa shape index (κ2) is 9.38. The topological polar surface area (TPSA) is 69.7 Å². The molecule has 39 heavy (non-hydrogen) atoms. The maximum absolute atomic E-state index is 11.1. The van der Waals surface area contributed by atoms with E-state index in [0.717, 1.165) is 22.5 Å². The number of aryl methyl sites for hydroxylation is 2. The highest BCUT2D eigenvalue weighted by Gasteiger charge is 2.68. The Morgan fingerprint density at radius 3 is 2.00 bits per heavy atom. The Bertz CT molecular complexity index is 1570. The predicted octanol–water partition coefficient (Wildman–Crippen LogP) is 6.06. The first-order chi connectivity index (χ1) is 18.8. The molecule has 0 N–H and O–H groups in total. The van der Waals surface area contributed by atoms with E-state index in [9.17, 15) is 10.5 Å². The summed E-state index contributed by atoms with van der Waals surface area (Å²) in [5, 5.41) is 22.6. The third-order valence-electron chi connectivity index (χ3n) is 8.26. The number of anilines is 2. The SMILES string of the molecule is Cc1ccc(N2CN=C3N(C2)C(=S)[C@@]2(C#N)CN(c4ccc(C)cc4)C[C@@]3(C#N)[C@@H]2c2ccccc2Cl)cc1. The third-order valence-corrected chi connectivity index (χ3v) is 9.19. The van der Waals surface area contributed by atoms with Gasteiger partial charge in [-0.05, 0) is 49.7 Å². The van der Waals surface area contributed by atoms with Crippen LogP contribution in [0.4, 0.5) is 11.4 Å². The van der Waals surface area contributed by atoms with Crippen molar-refractivity contribution < 1.29 is 0 Å². The van der Waals surface area contributed by atoms with Gasteiger partial charge in [0.15, 0.2) is 0 Å². The molecular formula is C31H27ClN6S. The van der Waals surface area contributed by atoms with Crippen LogP contribution in [-0.2, 0) is 0 Å². The predicted molar refractivity (Wildman–Crippen MR) is 159 cm³/mol. The molecule has 0 aromatic heterocycles. The third kappa shape index (κ3) is 3.80. The summed E-state index contributed by atoms with van der Waals surface area (Å²) >= 11 is 13.0. The highest BCUT2D eigenvalue weighted by Crippen LogP contribution is 2.59. The quantitative estimate of drug-likeness (QED) is 0.369. The van der Waals surface area contributed by atoms with E-state index in [-0.39, 0.29) is 0 Å². The lowest BCUT2D eigenvalue weighted by atomic mass is 9.53. The van der Waals surface area contributed by atoms with Crippen LogP contribution < -0.4 is 9.80 Å². The minimum absolute atomic E-state index is 0.346. The van der Waals surface area contributed by atoms with Gasteiger partial charge in [0.25, 0.3) is 0 Å². The molecule has 3 aliphatic heterocycles. The van der Waals surface area contributed by atoms with E-state index in [1.807, 2.05) is 60.4 Å². The van der Waals surface area contributed by atoms with E-state index in [2.05, 4.69) is 53.1 Å². The smallest absolute Gasteiger partial charge is 0.141 e. The summed E-state index contributed by atoms with van der Waals surface area (Å²) in [6, 6.07) is 29.3. The number of thiocarbonyl (C=S) groups is 1. The van der Waals surface area contributed by atoms with Gasteiger partial charge < -0.3 is 14.7 Å². The van der Waals surface area contributed by atoms with Gasteiger partial charge >= 0.3 is 0 Å². The van der Waals surface area contributed by atoms with Crippen molar-refractivity contribution in [2.45, 2.75) is 19.8 Å². The number of halogens is 1. The van der Waals surface area contributed by atoms with Crippen LogP contribution in [0.15, 0.2) is 77.8 Å². The van der Waals surface area contributed by atoms with E-state index in [4.69, 9.17) is 28.8 Å². The first-order valence-corrected chi connectivity index (χ1v) is 13.7. The summed E-state index contributed by atoms with van der Waals surface area (Å²) in [4.78, 5) is 11.7. The Labute approximate surface area is 239 Å². The van der Waals surface area contributed by atoms with Crippen LogP contribution in [0.25, 0.3) is 0 Å². The van der Waals surface area contributed by atoms with Gasteiger partial charge in [-0.2, -0.15) is 10.5 Å². The van der Waals surface area contributed by atoms with Gasteiger partial charge in [-0.15, -0.1) is 0 Å². The monoisotopic (exact) mass is 550 g/mol. The summed E-state index contributed by atoms with van der Waals surface area (Å²) in [7, 11) is 0. The van der Waals surface area contributed by atoms with Crippen molar-refractivity contribution in [2.24, 2.45) is 15.8 Å². The zero-order valence-corrected chi connectivity index (χ0v) is 23.4. The summed E-state index contributed by atoms with van der Waals surface area (Å²) in [6.07, 6.45) is 0. The molecule has 3 aromatic carbocycles. The fourth-order valence-corrected chi connectivity index (χ4v) is 6.97. The molecule has 3 aromatic rings. The zero-order valence-electron chi connectivity index (χ0n) is 21.8. The van der Waals surface area contributed by atoms with Gasteiger partial charge in [-0.3, -0.25) is 0 Å². The molecule has 2 saturated heterocycles. The van der Waals surface area contributed by atoms with Crippen LogP contribution in [0.1, 0.15) is 22.6 Å². The molecule has 0 aliphatic carbocycles. The van der Waals surface area contributed by atoms with E-state index in [1.165, 1.54) is 5.56 Å². The van der Waals surface area contributed by atoms with Crippen LogP contribution in [0.5, 0.6) is 0 Å². The zero-order chi connectivity index (χ0) is 27.4. The molecule has 0 unspecified atom stereocenters. The Hall–Kier alpha value is -3.91. The Balaban J connectivity index is 1.55. The lowest BCUT2D eigenvalue weighted by molar-refractivity contribution is 0.206. The van der Waals surface area contributed by atoms with E-state index in [1.54, 1.807) is 0 Å². The second-order valence-electron chi connectivity index (χ2n) is 10.7.